The van der Waals surface area contributed by atoms with Crippen LogP contribution in [0.5, 0.6) is 5.75 Å². The second-order valence-corrected chi connectivity index (χ2v) is 14.5. The summed E-state index contributed by atoms with van der Waals surface area (Å²) in [6.45, 7) is 7.00. The predicted octanol–water partition coefficient (Wildman–Crippen LogP) is 7.51. The number of esters is 2. The lowest BCUT2D eigenvalue weighted by atomic mass is 9.91. The van der Waals surface area contributed by atoms with Crippen LogP contribution in [0.2, 0.25) is 0 Å². The fourth-order valence-electron chi connectivity index (χ4n) is 3.90. The molecule has 0 amide bonds. The molecule has 1 unspecified atom stereocenters. The Balaban J connectivity index is 0.000000297. The van der Waals surface area contributed by atoms with Crippen molar-refractivity contribution in [3.63, 3.8) is 0 Å². The number of hydrogen-bond acceptors (Lipinski definition) is 8. The molecule has 0 heterocycles. The van der Waals surface area contributed by atoms with Gasteiger partial charge in [0.2, 0.25) is 0 Å². The Morgan fingerprint density at radius 3 is 1.69 bits per heavy atom. The third-order valence-electron chi connectivity index (χ3n) is 7.14. The van der Waals surface area contributed by atoms with Gasteiger partial charge in [0.1, 0.15) is 19.0 Å². The molecule has 4 aromatic carbocycles. The summed E-state index contributed by atoms with van der Waals surface area (Å²) in [4.78, 5) is 27.2. The minimum atomic E-state index is -5.89. The zero-order chi connectivity index (χ0) is 35.4. The van der Waals surface area contributed by atoms with Crippen LogP contribution in [-0.2, 0) is 35.3 Å². The monoisotopic (exact) mass is 700 g/mol. The molecule has 0 aliphatic heterocycles. The molecule has 0 saturated carbocycles. The van der Waals surface area contributed by atoms with Crippen molar-refractivity contribution in [3.8, 4) is 5.75 Å². The van der Waals surface area contributed by atoms with Crippen molar-refractivity contribution in [2.75, 3.05) is 13.2 Å². The van der Waals surface area contributed by atoms with E-state index in [9.17, 15) is 31.3 Å². The molecule has 8 nitrogen and oxygen atoms in total. The van der Waals surface area contributed by atoms with Gasteiger partial charge in [0, 0.05) is 0 Å². The quantitative estimate of drug-likeness (QED) is 0.0609. The van der Waals surface area contributed by atoms with Gasteiger partial charge in [0.25, 0.3) is 0 Å². The van der Waals surface area contributed by atoms with Crippen molar-refractivity contribution in [1.29, 1.82) is 0 Å². The Morgan fingerprint density at radius 1 is 0.771 bits per heavy atom. The van der Waals surface area contributed by atoms with Crippen LogP contribution in [0.25, 0.3) is 0 Å². The van der Waals surface area contributed by atoms with Gasteiger partial charge < -0.3 is 18.8 Å². The number of halogens is 2. The highest BCUT2D eigenvalue weighted by Crippen LogP contribution is 2.32. The smallest absolute Gasteiger partial charge is 0.370 e. The second kappa shape index (κ2) is 17.2. The van der Waals surface area contributed by atoms with Crippen molar-refractivity contribution >= 4 is 33.0 Å². The van der Waals surface area contributed by atoms with Gasteiger partial charge in [0.15, 0.2) is 30.9 Å². The van der Waals surface area contributed by atoms with Crippen LogP contribution in [0.15, 0.2) is 130 Å². The maximum Gasteiger partial charge on any atom is 0.370 e. The molecule has 4 aromatic rings. The summed E-state index contributed by atoms with van der Waals surface area (Å²) in [6.07, 6.45) is -1.62. The predicted molar refractivity (Wildman–Crippen MR) is 178 cm³/mol. The Morgan fingerprint density at radius 2 is 1.23 bits per heavy atom. The summed E-state index contributed by atoms with van der Waals surface area (Å²) in [5, 5.41) is -4.67. The standard InChI is InChI=1S/C26H29O3S.C10H10F2O5S/c1-4-26(2,3)25(27)29-20-19-28-21-15-17-24(18-16-21)30(22-11-7-5-8-12-22)23-13-9-6-10-14-23;1-7(10(11,12)18(14,15)16)17-9(13)8-5-3-2-4-6-8/h5-18H,4,19-20H2,1-3H3;2-7H,1H3,(H,14,15,16)/q+1;/p-1. The Hall–Kier alpha value is -4.26. The van der Waals surface area contributed by atoms with Crippen molar-refractivity contribution in [3.05, 3.63) is 121 Å². The van der Waals surface area contributed by atoms with Gasteiger partial charge in [-0.3, -0.25) is 4.79 Å². The fourth-order valence-corrected chi connectivity index (χ4v) is 6.44. The average Bonchev–Trinajstić information content (AvgIpc) is 3.08. The summed E-state index contributed by atoms with van der Waals surface area (Å²) < 4.78 is 72.4. The molecule has 0 spiro atoms. The molecule has 0 aromatic heterocycles. The van der Waals surface area contributed by atoms with Gasteiger partial charge in [-0.05, 0) is 87.9 Å². The number of ether oxygens (including phenoxy) is 3. The van der Waals surface area contributed by atoms with Gasteiger partial charge in [-0.25, -0.2) is 13.2 Å². The molecule has 0 aliphatic carbocycles. The van der Waals surface area contributed by atoms with Crippen molar-refractivity contribution < 1.29 is 45.6 Å². The lowest BCUT2D eigenvalue weighted by Crippen LogP contribution is -2.42. The summed E-state index contributed by atoms with van der Waals surface area (Å²) in [5.41, 5.74) is -0.477. The third-order valence-corrected chi connectivity index (χ3v) is 10.4. The molecular weight excluding hydrogens is 663 g/mol. The molecular formula is C36H38F2O8S2. The number of carbonyl (C=O) groups excluding carboxylic acids is 2. The first-order chi connectivity index (χ1) is 22.7. The van der Waals surface area contributed by atoms with Crippen LogP contribution in [0.1, 0.15) is 44.5 Å². The lowest BCUT2D eigenvalue weighted by molar-refractivity contribution is -0.154. The Kier molecular flexibility index (Phi) is 13.7. The normalized spacial score (nSPS) is 12.3. The van der Waals surface area contributed by atoms with Gasteiger partial charge in [-0.2, -0.15) is 8.78 Å². The van der Waals surface area contributed by atoms with E-state index >= 15 is 0 Å². The van der Waals surface area contributed by atoms with Crippen LogP contribution in [0.4, 0.5) is 8.78 Å². The van der Waals surface area contributed by atoms with E-state index in [4.69, 9.17) is 9.47 Å². The molecule has 256 valence electrons. The first kappa shape index (κ1) is 38.2. The van der Waals surface area contributed by atoms with Crippen LogP contribution in [-0.4, -0.2) is 49.5 Å². The van der Waals surface area contributed by atoms with Crippen molar-refractivity contribution in [2.45, 2.75) is 60.2 Å². The zero-order valence-corrected chi connectivity index (χ0v) is 28.6. The van der Waals surface area contributed by atoms with E-state index in [0.29, 0.717) is 13.5 Å². The van der Waals surface area contributed by atoms with Crippen LogP contribution < -0.4 is 4.74 Å². The number of carbonyl (C=O) groups is 2. The van der Waals surface area contributed by atoms with E-state index in [2.05, 4.69) is 65.4 Å². The first-order valence-electron chi connectivity index (χ1n) is 15.0. The van der Waals surface area contributed by atoms with Gasteiger partial charge in [-0.15, -0.1) is 0 Å². The number of alkyl halides is 2. The minimum absolute atomic E-state index is 0.0246. The summed E-state index contributed by atoms with van der Waals surface area (Å²) in [7, 11) is -6.06. The highest BCUT2D eigenvalue weighted by Gasteiger charge is 2.46. The minimum Gasteiger partial charge on any atom is -0.743 e. The third kappa shape index (κ3) is 10.6. The maximum absolute atomic E-state index is 13.0. The molecule has 0 N–H and O–H groups in total. The molecule has 0 bridgehead atoms. The van der Waals surface area contributed by atoms with E-state index in [1.54, 1.807) is 6.07 Å². The van der Waals surface area contributed by atoms with E-state index < -0.39 is 32.9 Å². The number of rotatable bonds is 13. The van der Waals surface area contributed by atoms with Gasteiger partial charge >= 0.3 is 17.2 Å². The van der Waals surface area contributed by atoms with Crippen molar-refractivity contribution in [2.24, 2.45) is 5.41 Å². The molecule has 4 rings (SSSR count). The lowest BCUT2D eigenvalue weighted by Gasteiger charge is -2.25. The molecule has 1 atom stereocenters. The van der Waals surface area contributed by atoms with Crippen LogP contribution in [0.3, 0.4) is 0 Å². The SMILES string of the molecule is CC(OC(=O)c1ccccc1)C(F)(F)S(=O)(=O)[O-].CCC(C)(C)C(=O)OCCOc1ccc([S+](c2ccccc2)c2ccccc2)cc1. The summed E-state index contributed by atoms with van der Waals surface area (Å²) in [6, 6.07) is 36.5. The van der Waals surface area contributed by atoms with E-state index in [1.807, 2.05) is 45.0 Å². The molecule has 12 heteroatoms. The molecule has 0 aliphatic rings. The Labute approximate surface area is 283 Å². The zero-order valence-electron chi connectivity index (χ0n) is 27.0. The molecule has 0 radical (unpaired) electrons. The van der Waals surface area contributed by atoms with Crippen molar-refractivity contribution in [1.82, 2.24) is 0 Å². The average molecular weight is 701 g/mol. The summed E-state index contributed by atoms with van der Waals surface area (Å²) >= 11 is 0. The molecule has 48 heavy (non-hydrogen) atoms. The number of benzene rings is 4. The number of hydrogen-bond donors (Lipinski definition) is 0. The van der Waals surface area contributed by atoms with Crippen LogP contribution in [0, 0.1) is 5.41 Å². The molecule has 0 fully saturated rings. The van der Waals surface area contributed by atoms with Crippen LogP contribution >= 0.6 is 0 Å². The van der Waals surface area contributed by atoms with E-state index in [0.717, 1.165) is 12.2 Å². The van der Waals surface area contributed by atoms with Gasteiger partial charge in [0.05, 0.1) is 21.9 Å². The van der Waals surface area contributed by atoms with E-state index in [1.165, 1.54) is 39.0 Å². The second-order valence-electron chi connectivity index (χ2n) is 11.1. The maximum atomic E-state index is 13.0. The Bertz CT molecular complexity index is 1660. The highest BCUT2D eigenvalue weighted by atomic mass is 32.2. The molecule has 0 saturated heterocycles. The first-order valence-corrected chi connectivity index (χ1v) is 17.6. The van der Waals surface area contributed by atoms with Gasteiger partial charge in [-0.1, -0.05) is 61.5 Å². The summed E-state index contributed by atoms with van der Waals surface area (Å²) in [5.74, 6) is -0.542. The highest BCUT2D eigenvalue weighted by molar-refractivity contribution is 7.97. The largest absolute Gasteiger partial charge is 0.743 e. The van der Waals surface area contributed by atoms with E-state index in [-0.39, 0.29) is 29.0 Å². The fraction of sp³-hybridized carbons (Fsp3) is 0.278. The topological polar surface area (TPSA) is 119 Å².